The SMILES string of the molecule is C[C@@H]1CN(Cc2cn(C)c(=O)n(C)c2=O)CCN1. The summed E-state index contributed by atoms with van der Waals surface area (Å²) in [6.07, 6.45) is 1.65. The Morgan fingerprint density at radius 2 is 2.11 bits per heavy atom. The summed E-state index contributed by atoms with van der Waals surface area (Å²) in [5.74, 6) is 0. The first-order chi connectivity index (χ1) is 8.49. The second-order valence-corrected chi connectivity index (χ2v) is 5.00. The van der Waals surface area contributed by atoms with Gasteiger partial charge in [-0.1, -0.05) is 0 Å². The highest BCUT2D eigenvalue weighted by Gasteiger charge is 2.17. The molecule has 0 spiro atoms. The van der Waals surface area contributed by atoms with Crippen LogP contribution in [0.3, 0.4) is 0 Å². The fourth-order valence-electron chi connectivity index (χ4n) is 2.39. The van der Waals surface area contributed by atoms with Crippen LogP contribution in [0.4, 0.5) is 0 Å². The van der Waals surface area contributed by atoms with Crippen molar-refractivity contribution in [2.75, 3.05) is 19.6 Å². The largest absolute Gasteiger partial charge is 0.330 e. The molecule has 1 aromatic heterocycles. The van der Waals surface area contributed by atoms with E-state index in [1.165, 1.54) is 16.2 Å². The zero-order valence-electron chi connectivity index (χ0n) is 11.1. The third-order valence-electron chi connectivity index (χ3n) is 3.36. The van der Waals surface area contributed by atoms with Gasteiger partial charge < -0.3 is 9.88 Å². The Morgan fingerprint density at radius 1 is 1.39 bits per heavy atom. The van der Waals surface area contributed by atoms with Crippen molar-refractivity contribution >= 4 is 0 Å². The predicted octanol–water partition coefficient (Wildman–Crippen LogP) is -1.12. The zero-order valence-corrected chi connectivity index (χ0v) is 11.1. The van der Waals surface area contributed by atoms with Crippen molar-refractivity contribution in [1.29, 1.82) is 0 Å². The Labute approximate surface area is 106 Å². The highest BCUT2D eigenvalue weighted by molar-refractivity contribution is 5.05. The molecule has 1 N–H and O–H groups in total. The Bertz CT molecular complexity index is 546. The quantitative estimate of drug-likeness (QED) is 0.724. The van der Waals surface area contributed by atoms with Crippen LogP contribution in [0.5, 0.6) is 0 Å². The maximum Gasteiger partial charge on any atom is 0.330 e. The van der Waals surface area contributed by atoms with Gasteiger partial charge in [-0.15, -0.1) is 0 Å². The van der Waals surface area contributed by atoms with Gasteiger partial charge in [-0.05, 0) is 6.92 Å². The molecule has 0 aliphatic carbocycles. The molecule has 6 heteroatoms. The number of rotatable bonds is 2. The lowest BCUT2D eigenvalue weighted by molar-refractivity contribution is 0.198. The third kappa shape index (κ3) is 2.54. The number of nitrogens with zero attached hydrogens (tertiary/aromatic N) is 3. The van der Waals surface area contributed by atoms with Crippen molar-refractivity contribution < 1.29 is 0 Å². The number of hydrogen-bond acceptors (Lipinski definition) is 4. The maximum absolute atomic E-state index is 12.0. The molecule has 0 radical (unpaired) electrons. The van der Waals surface area contributed by atoms with Crippen molar-refractivity contribution in [3.8, 4) is 0 Å². The van der Waals surface area contributed by atoms with E-state index in [1.807, 2.05) is 0 Å². The van der Waals surface area contributed by atoms with E-state index < -0.39 is 0 Å². The van der Waals surface area contributed by atoms with E-state index in [2.05, 4.69) is 17.1 Å². The first kappa shape index (κ1) is 13.0. The van der Waals surface area contributed by atoms with Crippen LogP contribution in [0.25, 0.3) is 0 Å². The normalized spacial score (nSPS) is 21.2. The average molecular weight is 252 g/mol. The van der Waals surface area contributed by atoms with Gasteiger partial charge in [-0.25, -0.2) is 4.79 Å². The maximum atomic E-state index is 12.0. The molecule has 1 fully saturated rings. The molecule has 0 amide bonds. The number of aryl methyl sites for hydroxylation is 1. The summed E-state index contributed by atoms with van der Waals surface area (Å²) >= 11 is 0. The van der Waals surface area contributed by atoms with Crippen molar-refractivity contribution in [2.45, 2.75) is 19.5 Å². The number of nitrogens with one attached hydrogen (secondary N) is 1. The van der Waals surface area contributed by atoms with Crippen molar-refractivity contribution in [2.24, 2.45) is 14.1 Å². The van der Waals surface area contributed by atoms with Crippen LogP contribution in [-0.4, -0.2) is 39.7 Å². The van der Waals surface area contributed by atoms with Gasteiger partial charge in [0.2, 0.25) is 0 Å². The summed E-state index contributed by atoms with van der Waals surface area (Å²) in [6.45, 7) is 5.52. The monoisotopic (exact) mass is 252 g/mol. The minimum atomic E-state index is -0.280. The molecular weight excluding hydrogens is 232 g/mol. The highest BCUT2D eigenvalue weighted by Crippen LogP contribution is 2.03. The molecule has 1 aliphatic heterocycles. The average Bonchev–Trinajstić information content (AvgIpc) is 2.33. The fourth-order valence-corrected chi connectivity index (χ4v) is 2.39. The van der Waals surface area contributed by atoms with Crippen LogP contribution in [0.2, 0.25) is 0 Å². The van der Waals surface area contributed by atoms with E-state index >= 15 is 0 Å². The van der Waals surface area contributed by atoms with Gasteiger partial charge in [0.15, 0.2) is 0 Å². The molecule has 1 atom stereocenters. The lowest BCUT2D eigenvalue weighted by Gasteiger charge is -2.31. The van der Waals surface area contributed by atoms with Crippen LogP contribution in [-0.2, 0) is 20.6 Å². The van der Waals surface area contributed by atoms with Gasteiger partial charge in [0.1, 0.15) is 0 Å². The lowest BCUT2D eigenvalue weighted by atomic mass is 10.2. The second-order valence-electron chi connectivity index (χ2n) is 5.00. The van der Waals surface area contributed by atoms with Crippen LogP contribution in [0, 0.1) is 0 Å². The molecule has 2 rings (SSSR count). The van der Waals surface area contributed by atoms with Crippen LogP contribution in [0.1, 0.15) is 12.5 Å². The van der Waals surface area contributed by atoms with E-state index in [1.54, 1.807) is 13.2 Å². The van der Waals surface area contributed by atoms with Gasteiger partial charge in [-0.2, -0.15) is 0 Å². The molecule has 18 heavy (non-hydrogen) atoms. The van der Waals surface area contributed by atoms with E-state index in [9.17, 15) is 9.59 Å². The van der Waals surface area contributed by atoms with E-state index in [0.29, 0.717) is 18.2 Å². The minimum absolute atomic E-state index is 0.190. The molecule has 1 aromatic rings. The molecule has 0 aromatic carbocycles. The molecule has 1 saturated heterocycles. The van der Waals surface area contributed by atoms with Gasteiger partial charge >= 0.3 is 5.69 Å². The van der Waals surface area contributed by atoms with Crippen molar-refractivity contribution in [3.05, 3.63) is 32.6 Å². The Hall–Kier alpha value is -1.40. The Kier molecular flexibility index (Phi) is 3.68. The second kappa shape index (κ2) is 5.07. The summed E-state index contributed by atoms with van der Waals surface area (Å²) in [6, 6.07) is 0.440. The molecule has 0 saturated carbocycles. The summed E-state index contributed by atoms with van der Waals surface area (Å²) in [4.78, 5) is 25.8. The summed E-state index contributed by atoms with van der Waals surface area (Å²) < 4.78 is 2.63. The van der Waals surface area contributed by atoms with Crippen LogP contribution >= 0.6 is 0 Å². The van der Waals surface area contributed by atoms with Crippen LogP contribution < -0.4 is 16.6 Å². The molecule has 1 aliphatic rings. The van der Waals surface area contributed by atoms with E-state index in [0.717, 1.165) is 19.6 Å². The summed E-state index contributed by atoms with van der Waals surface area (Å²) in [5.41, 5.74) is 0.204. The number of hydrogen-bond donors (Lipinski definition) is 1. The topological polar surface area (TPSA) is 59.3 Å². The summed E-state index contributed by atoms with van der Waals surface area (Å²) in [7, 11) is 3.19. The van der Waals surface area contributed by atoms with Gasteiger partial charge in [0, 0.05) is 58.1 Å². The Balaban J connectivity index is 2.24. The summed E-state index contributed by atoms with van der Waals surface area (Å²) in [5, 5.41) is 3.36. The van der Waals surface area contributed by atoms with Crippen LogP contribution in [0.15, 0.2) is 15.8 Å². The minimum Gasteiger partial charge on any atom is -0.312 e. The molecule has 0 unspecified atom stereocenters. The van der Waals surface area contributed by atoms with Gasteiger partial charge in [0.25, 0.3) is 5.56 Å². The number of piperazine rings is 1. The molecular formula is C12H20N4O2. The molecule has 2 heterocycles. The van der Waals surface area contributed by atoms with Gasteiger partial charge in [-0.3, -0.25) is 14.3 Å². The molecule has 6 nitrogen and oxygen atoms in total. The first-order valence-electron chi connectivity index (χ1n) is 6.20. The fraction of sp³-hybridized carbons (Fsp3) is 0.667. The van der Waals surface area contributed by atoms with Gasteiger partial charge in [0.05, 0.1) is 0 Å². The predicted molar refractivity (Wildman–Crippen MR) is 69.7 cm³/mol. The number of aromatic nitrogens is 2. The first-order valence-corrected chi connectivity index (χ1v) is 6.20. The molecule has 100 valence electrons. The van der Waals surface area contributed by atoms with E-state index in [-0.39, 0.29) is 11.2 Å². The van der Waals surface area contributed by atoms with E-state index in [4.69, 9.17) is 0 Å². The standard InChI is InChI=1S/C12H20N4O2/c1-9-6-16(5-4-13-9)8-10-7-14(2)12(18)15(3)11(10)17/h7,9,13H,4-6,8H2,1-3H3/t9-/m1/s1. The Morgan fingerprint density at radius 3 is 2.78 bits per heavy atom. The smallest absolute Gasteiger partial charge is 0.312 e. The zero-order chi connectivity index (χ0) is 13.3. The third-order valence-corrected chi connectivity index (χ3v) is 3.36. The molecule has 0 bridgehead atoms. The lowest BCUT2D eigenvalue weighted by Crippen LogP contribution is -2.49. The van der Waals surface area contributed by atoms with Crippen molar-refractivity contribution in [3.63, 3.8) is 0 Å². The van der Waals surface area contributed by atoms with Crippen molar-refractivity contribution in [1.82, 2.24) is 19.4 Å². The highest BCUT2D eigenvalue weighted by atomic mass is 16.2.